The molecule has 8 heteroatoms. The zero-order valence-electron chi connectivity index (χ0n) is 16.1. The van der Waals surface area contributed by atoms with Gasteiger partial charge in [-0.1, -0.05) is 37.9 Å². The third kappa shape index (κ3) is 3.57. The highest BCUT2D eigenvalue weighted by atomic mass is 79.9. The molecule has 29 heavy (non-hydrogen) atoms. The van der Waals surface area contributed by atoms with Gasteiger partial charge in [-0.15, -0.1) is 0 Å². The summed E-state index contributed by atoms with van der Waals surface area (Å²) in [5.41, 5.74) is 5.51. The number of aryl methyl sites for hydroxylation is 2. The molecule has 152 valence electrons. The number of benzene rings is 1. The number of imide groups is 1. The van der Waals surface area contributed by atoms with Gasteiger partial charge in [0.2, 0.25) is 11.8 Å². The zero-order valence-corrected chi connectivity index (χ0v) is 19.2. The van der Waals surface area contributed by atoms with Crippen LogP contribution in [0.5, 0.6) is 0 Å². The number of hydrogen-bond donors (Lipinski definition) is 1. The van der Waals surface area contributed by atoms with E-state index in [-0.39, 0.29) is 39.2 Å². The molecule has 6 nitrogen and oxygen atoms in total. The summed E-state index contributed by atoms with van der Waals surface area (Å²) in [5, 5.41) is 0. The summed E-state index contributed by atoms with van der Waals surface area (Å²) in [5.74, 6) is -1.30. The molecule has 2 aromatic rings. The predicted molar refractivity (Wildman–Crippen MR) is 118 cm³/mol. The van der Waals surface area contributed by atoms with E-state index in [1.807, 2.05) is 26.0 Å². The summed E-state index contributed by atoms with van der Waals surface area (Å²) >= 11 is 7.20. The van der Waals surface area contributed by atoms with E-state index in [9.17, 15) is 14.4 Å². The van der Waals surface area contributed by atoms with Gasteiger partial charge in [0, 0.05) is 26.6 Å². The largest absolute Gasteiger partial charge is 0.274 e. The van der Waals surface area contributed by atoms with Crippen molar-refractivity contribution in [3.05, 3.63) is 53.3 Å². The fraction of sp³-hybridized carbons (Fsp3) is 0.381. The van der Waals surface area contributed by atoms with Gasteiger partial charge >= 0.3 is 0 Å². The zero-order chi connectivity index (χ0) is 20.9. The number of nitrogens with one attached hydrogen (secondary N) is 1. The minimum Gasteiger partial charge on any atom is -0.274 e. The summed E-state index contributed by atoms with van der Waals surface area (Å²) in [6.45, 7) is 3.81. The molecule has 2 aliphatic rings. The van der Waals surface area contributed by atoms with Crippen LogP contribution in [0.15, 0.2) is 36.4 Å². The standard InChI is InChI=1S/C21H21Br2N3O3/c1-11-6-7-12(2)26(11)24-19(27)13-4-3-5-14(8-13)25-20(28)15-9-17(22)18(23)10-16(15)21(25)29/h3-8,15-18H,9-10H2,1-2H3,(H,24,27)/t15-,16+,17+,18-. The number of rotatable bonds is 3. The highest BCUT2D eigenvalue weighted by Crippen LogP contribution is 2.44. The van der Waals surface area contributed by atoms with Gasteiger partial charge in [0.1, 0.15) is 0 Å². The van der Waals surface area contributed by atoms with Crippen molar-refractivity contribution in [2.24, 2.45) is 11.8 Å². The lowest BCUT2D eigenvalue weighted by molar-refractivity contribution is -0.122. The number of alkyl halides is 2. The highest BCUT2D eigenvalue weighted by molar-refractivity contribution is 9.12. The van der Waals surface area contributed by atoms with Crippen molar-refractivity contribution in [3.63, 3.8) is 0 Å². The quantitative estimate of drug-likeness (QED) is 0.490. The normalized spacial score (nSPS) is 26.6. The van der Waals surface area contributed by atoms with E-state index < -0.39 is 0 Å². The fourth-order valence-electron chi connectivity index (χ4n) is 4.15. The van der Waals surface area contributed by atoms with Crippen LogP contribution >= 0.6 is 31.9 Å². The Labute approximate surface area is 185 Å². The van der Waals surface area contributed by atoms with Gasteiger partial charge in [0.05, 0.1) is 17.5 Å². The molecule has 0 spiro atoms. The number of fused-ring (bicyclic) bond motifs is 1. The van der Waals surface area contributed by atoms with Gasteiger partial charge in [-0.25, -0.2) is 0 Å². The second-order valence-corrected chi connectivity index (χ2v) is 10.0. The first-order valence-electron chi connectivity index (χ1n) is 9.50. The van der Waals surface area contributed by atoms with Crippen molar-refractivity contribution in [2.45, 2.75) is 36.3 Å². The van der Waals surface area contributed by atoms with Crippen molar-refractivity contribution in [2.75, 3.05) is 10.3 Å². The van der Waals surface area contributed by atoms with Gasteiger partial charge in [-0.05, 0) is 57.0 Å². The second kappa shape index (κ2) is 7.72. The first-order valence-corrected chi connectivity index (χ1v) is 11.3. The summed E-state index contributed by atoms with van der Waals surface area (Å²) in [7, 11) is 0. The minimum atomic E-state index is -0.316. The molecule has 4 atom stereocenters. The molecule has 3 amide bonds. The summed E-state index contributed by atoms with van der Waals surface area (Å²) < 4.78 is 1.71. The number of nitrogens with zero attached hydrogens (tertiary/aromatic N) is 2. The Balaban J connectivity index is 1.59. The Hall–Kier alpha value is -1.93. The molecule has 1 saturated carbocycles. The average molecular weight is 523 g/mol. The number of amides is 3. The Bertz CT molecular complexity index is 955. The molecule has 1 aliphatic heterocycles. The molecule has 0 unspecified atom stereocenters. The van der Waals surface area contributed by atoms with Crippen molar-refractivity contribution in [3.8, 4) is 0 Å². The molecule has 1 aliphatic carbocycles. The lowest BCUT2D eigenvalue weighted by atomic mass is 9.81. The number of hydrogen-bond acceptors (Lipinski definition) is 3. The van der Waals surface area contributed by atoms with Crippen LogP contribution in [0.1, 0.15) is 34.6 Å². The minimum absolute atomic E-state index is 0.158. The molecule has 1 aromatic carbocycles. The van der Waals surface area contributed by atoms with Gasteiger partial charge in [0.15, 0.2) is 0 Å². The van der Waals surface area contributed by atoms with Crippen molar-refractivity contribution in [1.29, 1.82) is 0 Å². The third-order valence-corrected chi connectivity index (χ3v) is 8.50. The first-order chi connectivity index (χ1) is 13.8. The van der Waals surface area contributed by atoms with Crippen molar-refractivity contribution >= 4 is 55.3 Å². The number of carbonyl (C=O) groups excluding carboxylic acids is 3. The Morgan fingerprint density at radius 3 is 2.07 bits per heavy atom. The van der Waals surface area contributed by atoms with Crippen LogP contribution in [0, 0.1) is 25.7 Å². The van der Waals surface area contributed by atoms with Crippen LogP contribution < -0.4 is 10.3 Å². The van der Waals surface area contributed by atoms with Gasteiger partial charge < -0.3 is 0 Å². The average Bonchev–Trinajstić information content (AvgIpc) is 3.13. The third-order valence-electron chi connectivity index (χ3n) is 5.76. The van der Waals surface area contributed by atoms with Crippen LogP contribution in [-0.4, -0.2) is 32.1 Å². The lowest BCUT2D eigenvalue weighted by Crippen LogP contribution is -2.34. The van der Waals surface area contributed by atoms with E-state index in [4.69, 9.17) is 0 Å². The summed E-state index contributed by atoms with van der Waals surface area (Å²) in [6, 6.07) is 10.5. The second-order valence-electron chi connectivity index (χ2n) is 7.67. The van der Waals surface area contributed by atoms with E-state index in [0.717, 1.165) is 11.4 Å². The number of carbonyl (C=O) groups is 3. The summed E-state index contributed by atoms with van der Waals surface area (Å²) in [4.78, 5) is 40.3. The lowest BCUT2D eigenvalue weighted by Gasteiger charge is -2.29. The molecule has 4 rings (SSSR count). The molecular formula is C21H21Br2N3O3. The van der Waals surface area contributed by atoms with Gasteiger partial charge in [-0.3, -0.25) is 29.4 Å². The van der Waals surface area contributed by atoms with E-state index in [2.05, 4.69) is 37.3 Å². The van der Waals surface area contributed by atoms with Crippen molar-refractivity contribution < 1.29 is 14.4 Å². The Kier molecular flexibility index (Phi) is 5.42. The molecule has 2 fully saturated rings. The fourth-order valence-corrected chi connectivity index (χ4v) is 5.38. The number of aromatic nitrogens is 1. The molecule has 2 heterocycles. The summed E-state index contributed by atoms with van der Waals surface area (Å²) in [6.07, 6.45) is 1.24. The van der Waals surface area contributed by atoms with Crippen molar-refractivity contribution in [1.82, 2.24) is 4.68 Å². The molecule has 1 saturated heterocycles. The van der Waals surface area contributed by atoms with Crippen LogP contribution in [0.25, 0.3) is 0 Å². The maximum absolute atomic E-state index is 13.0. The number of halogens is 2. The molecular weight excluding hydrogens is 502 g/mol. The molecule has 0 bridgehead atoms. The molecule has 1 aromatic heterocycles. The highest BCUT2D eigenvalue weighted by Gasteiger charge is 2.52. The monoisotopic (exact) mass is 521 g/mol. The number of anilines is 1. The van der Waals surface area contributed by atoms with E-state index >= 15 is 0 Å². The van der Waals surface area contributed by atoms with Crippen LogP contribution in [0.2, 0.25) is 0 Å². The molecule has 1 N–H and O–H groups in total. The first kappa shape index (κ1) is 20.3. The van der Waals surface area contributed by atoms with E-state index in [1.54, 1.807) is 28.9 Å². The van der Waals surface area contributed by atoms with Crippen LogP contribution in [0.4, 0.5) is 5.69 Å². The maximum atomic E-state index is 13.0. The smallest absolute Gasteiger partial charge is 0.270 e. The SMILES string of the molecule is Cc1ccc(C)n1NC(=O)c1cccc(N2C(=O)[C@H]3C[C@@H](Br)[C@@H](Br)C[C@H]3C2=O)c1. The van der Waals surface area contributed by atoms with Gasteiger partial charge in [0.25, 0.3) is 5.91 Å². The Morgan fingerprint density at radius 2 is 1.52 bits per heavy atom. The molecule has 0 radical (unpaired) electrons. The van der Waals surface area contributed by atoms with Crippen LogP contribution in [-0.2, 0) is 9.59 Å². The Morgan fingerprint density at radius 1 is 0.966 bits per heavy atom. The maximum Gasteiger partial charge on any atom is 0.270 e. The van der Waals surface area contributed by atoms with Crippen LogP contribution in [0.3, 0.4) is 0 Å². The van der Waals surface area contributed by atoms with E-state index in [1.165, 1.54) is 4.90 Å². The van der Waals surface area contributed by atoms with Gasteiger partial charge in [-0.2, -0.15) is 0 Å². The van der Waals surface area contributed by atoms with E-state index in [0.29, 0.717) is 24.1 Å². The topological polar surface area (TPSA) is 71.4 Å². The predicted octanol–water partition coefficient (Wildman–Crippen LogP) is 3.92.